The van der Waals surface area contributed by atoms with Gasteiger partial charge in [0.25, 0.3) is 0 Å². The maximum atomic E-state index is 12.5. The summed E-state index contributed by atoms with van der Waals surface area (Å²) in [5.74, 6) is 0.255. The van der Waals surface area contributed by atoms with Gasteiger partial charge in [0.05, 0.1) is 13.2 Å². The minimum Gasteiger partial charge on any atom is -0.508 e. The summed E-state index contributed by atoms with van der Waals surface area (Å²) in [5.41, 5.74) is -0.976. The molecule has 6 nitrogen and oxygen atoms in total. The van der Waals surface area contributed by atoms with Crippen LogP contribution in [0.5, 0.6) is 5.75 Å². The summed E-state index contributed by atoms with van der Waals surface area (Å²) in [6.07, 6.45) is 1.49. The standard InChI is InChI=1S/C18H26N2O4S/c1-17(2,3)24-16(22)19-10-4-9-18(13-19)20(11-12-23-18)25-15-7-5-14(21)6-8-15/h5-8,21H,4,9-13H2,1-3H3. The Kier molecular flexibility index (Phi) is 5.18. The molecule has 2 aliphatic rings. The topological polar surface area (TPSA) is 62.2 Å². The largest absolute Gasteiger partial charge is 0.508 e. The number of piperidine rings is 1. The predicted octanol–water partition coefficient (Wildman–Crippen LogP) is 3.46. The van der Waals surface area contributed by atoms with E-state index >= 15 is 0 Å². The third-order valence-electron chi connectivity index (χ3n) is 4.26. The second-order valence-electron chi connectivity index (χ2n) is 7.49. The highest BCUT2D eigenvalue weighted by Crippen LogP contribution is 2.40. The number of phenols is 1. The molecule has 1 atom stereocenters. The lowest BCUT2D eigenvalue weighted by atomic mass is 10.0. The van der Waals surface area contributed by atoms with Gasteiger partial charge in [-0.05, 0) is 69.8 Å². The van der Waals surface area contributed by atoms with Crippen LogP contribution < -0.4 is 0 Å². The first-order valence-corrected chi connectivity index (χ1v) is 9.41. The second kappa shape index (κ2) is 7.05. The van der Waals surface area contributed by atoms with Crippen molar-refractivity contribution < 1.29 is 19.4 Å². The summed E-state index contributed by atoms with van der Waals surface area (Å²) in [6, 6.07) is 7.14. The Bertz CT molecular complexity index is 616. The second-order valence-corrected chi connectivity index (χ2v) is 8.58. The van der Waals surface area contributed by atoms with Gasteiger partial charge in [-0.1, -0.05) is 0 Å². The molecule has 3 rings (SSSR count). The molecule has 2 aliphatic heterocycles. The van der Waals surface area contributed by atoms with E-state index in [4.69, 9.17) is 9.47 Å². The molecule has 25 heavy (non-hydrogen) atoms. The summed E-state index contributed by atoms with van der Waals surface area (Å²) in [6.45, 7) is 8.28. The number of carbonyl (C=O) groups is 1. The molecule has 138 valence electrons. The van der Waals surface area contributed by atoms with Crippen LogP contribution >= 0.6 is 11.9 Å². The van der Waals surface area contributed by atoms with Crippen LogP contribution in [0.3, 0.4) is 0 Å². The molecule has 1 spiro atoms. The average molecular weight is 366 g/mol. The lowest BCUT2D eigenvalue weighted by Gasteiger charge is -2.43. The molecular weight excluding hydrogens is 340 g/mol. The Hall–Kier alpha value is -1.44. The molecular formula is C18H26N2O4S. The number of nitrogens with zero attached hydrogens (tertiary/aromatic N) is 2. The third kappa shape index (κ3) is 4.40. The number of amides is 1. The molecule has 1 aromatic carbocycles. The zero-order chi connectivity index (χ0) is 18.1. The van der Waals surface area contributed by atoms with Crippen LogP contribution in [-0.4, -0.2) is 58.0 Å². The van der Waals surface area contributed by atoms with Gasteiger partial charge in [0.2, 0.25) is 0 Å². The number of hydrogen-bond acceptors (Lipinski definition) is 6. The van der Waals surface area contributed by atoms with Crippen molar-refractivity contribution in [2.45, 2.75) is 49.8 Å². The molecule has 0 aromatic heterocycles. The van der Waals surface area contributed by atoms with E-state index in [2.05, 4.69) is 4.31 Å². The van der Waals surface area contributed by atoms with Gasteiger partial charge in [0.1, 0.15) is 17.1 Å². The highest BCUT2D eigenvalue weighted by Gasteiger charge is 2.47. The van der Waals surface area contributed by atoms with E-state index in [1.54, 1.807) is 29.0 Å². The van der Waals surface area contributed by atoms with Crippen LogP contribution in [-0.2, 0) is 9.47 Å². The lowest BCUT2D eigenvalue weighted by molar-refractivity contribution is -0.0951. The molecule has 1 N–H and O–H groups in total. The van der Waals surface area contributed by atoms with Crippen molar-refractivity contribution in [2.24, 2.45) is 0 Å². The highest BCUT2D eigenvalue weighted by molar-refractivity contribution is 7.97. The zero-order valence-corrected chi connectivity index (χ0v) is 15.8. The molecule has 2 heterocycles. The number of benzene rings is 1. The summed E-state index contributed by atoms with van der Waals surface area (Å²) < 4.78 is 13.8. The van der Waals surface area contributed by atoms with Gasteiger partial charge in [-0.25, -0.2) is 9.10 Å². The van der Waals surface area contributed by atoms with E-state index in [1.165, 1.54) is 0 Å². The van der Waals surface area contributed by atoms with Crippen molar-refractivity contribution in [3.8, 4) is 5.75 Å². The van der Waals surface area contributed by atoms with Gasteiger partial charge < -0.3 is 19.5 Å². The number of aromatic hydroxyl groups is 1. The molecule has 2 saturated heterocycles. The van der Waals surface area contributed by atoms with E-state index in [1.807, 2.05) is 32.9 Å². The van der Waals surface area contributed by atoms with Crippen molar-refractivity contribution in [1.82, 2.24) is 9.21 Å². The van der Waals surface area contributed by atoms with Gasteiger partial charge >= 0.3 is 6.09 Å². The Morgan fingerprint density at radius 3 is 2.68 bits per heavy atom. The highest BCUT2D eigenvalue weighted by atomic mass is 32.2. The maximum absolute atomic E-state index is 12.5. The van der Waals surface area contributed by atoms with Gasteiger partial charge in [0, 0.05) is 18.0 Å². The first-order chi connectivity index (χ1) is 11.8. The van der Waals surface area contributed by atoms with Crippen LogP contribution in [0.4, 0.5) is 4.79 Å². The number of phenolic OH excluding ortho intramolecular Hbond substituents is 1. The van der Waals surface area contributed by atoms with Crippen molar-refractivity contribution in [3.05, 3.63) is 24.3 Å². The Morgan fingerprint density at radius 2 is 2.00 bits per heavy atom. The normalized spacial score (nSPS) is 24.7. The first-order valence-electron chi connectivity index (χ1n) is 8.64. The molecule has 0 radical (unpaired) electrons. The Balaban J connectivity index is 1.70. The minimum absolute atomic E-state index is 0.255. The maximum Gasteiger partial charge on any atom is 0.410 e. The molecule has 7 heteroatoms. The fraction of sp³-hybridized carbons (Fsp3) is 0.611. The third-order valence-corrected chi connectivity index (χ3v) is 5.48. The van der Waals surface area contributed by atoms with E-state index in [-0.39, 0.29) is 11.8 Å². The lowest BCUT2D eigenvalue weighted by Crippen LogP contribution is -2.56. The summed E-state index contributed by atoms with van der Waals surface area (Å²) in [5, 5.41) is 9.44. The SMILES string of the molecule is CC(C)(C)OC(=O)N1CCCC2(C1)OCCN2Sc1ccc(O)cc1. The van der Waals surface area contributed by atoms with E-state index in [9.17, 15) is 9.90 Å². The number of carbonyl (C=O) groups excluding carboxylic acids is 1. The van der Waals surface area contributed by atoms with Crippen LogP contribution in [0.1, 0.15) is 33.6 Å². The number of hydrogen-bond donors (Lipinski definition) is 1. The van der Waals surface area contributed by atoms with Crippen molar-refractivity contribution in [1.29, 1.82) is 0 Å². The molecule has 0 bridgehead atoms. The molecule has 1 unspecified atom stereocenters. The molecule has 0 saturated carbocycles. The Labute approximate surface area is 153 Å². The number of rotatable bonds is 2. The van der Waals surface area contributed by atoms with Gasteiger partial charge in [-0.2, -0.15) is 0 Å². The van der Waals surface area contributed by atoms with Crippen LogP contribution in [0, 0.1) is 0 Å². The molecule has 0 aliphatic carbocycles. The number of likely N-dealkylation sites (tertiary alicyclic amines) is 1. The quantitative estimate of drug-likeness (QED) is 0.809. The van der Waals surface area contributed by atoms with Crippen molar-refractivity contribution >= 4 is 18.0 Å². The predicted molar refractivity (Wildman–Crippen MR) is 96.4 cm³/mol. The summed E-state index contributed by atoms with van der Waals surface area (Å²) >= 11 is 1.61. The van der Waals surface area contributed by atoms with Crippen molar-refractivity contribution in [2.75, 3.05) is 26.2 Å². The van der Waals surface area contributed by atoms with E-state index < -0.39 is 11.3 Å². The van der Waals surface area contributed by atoms with Gasteiger partial charge in [0.15, 0.2) is 0 Å². The van der Waals surface area contributed by atoms with Crippen molar-refractivity contribution in [3.63, 3.8) is 0 Å². The Morgan fingerprint density at radius 1 is 1.28 bits per heavy atom. The summed E-state index contributed by atoms with van der Waals surface area (Å²) in [7, 11) is 0. The fourth-order valence-electron chi connectivity index (χ4n) is 3.16. The fourth-order valence-corrected chi connectivity index (χ4v) is 4.21. The van der Waals surface area contributed by atoms with Gasteiger partial charge in [-0.15, -0.1) is 0 Å². The van der Waals surface area contributed by atoms with E-state index in [0.717, 1.165) is 24.3 Å². The minimum atomic E-state index is -0.501. The molecule has 2 fully saturated rings. The molecule has 1 amide bonds. The summed E-state index contributed by atoms with van der Waals surface area (Å²) in [4.78, 5) is 15.2. The molecule has 1 aromatic rings. The van der Waals surface area contributed by atoms with Crippen LogP contribution in [0.2, 0.25) is 0 Å². The van der Waals surface area contributed by atoms with Crippen LogP contribution in [0.25, 0.3) is 0 Å². The monoisotopic (exact) mass is 366 g/mol. The first kappa shape index (κ1) is 18.4. The van der Waals surface area contributed by atoms with Crippen LogP contribution in [0.15, 0.2) is 29.2 Å². The average Bonchev–Trinajstić information content (AvgIpc) is 2.90. The van der Waals surface area contributed by atoms with Gasteiger partial charge in [-0.3, -0.25) is 0 Å². The number of ether oxygens (including phenoxy) is 2. The van der Waals surface area contributed by atoms with E-state index in [0.29, 0.717) is 19.7 Å². The smallest absolute Gasteiger partial charge is 0.410 e. The zero-order valence-electron chi connectivity index (χ0n) is 15.0.